The first-order valence-corrected chi connectivity index (χ1v) is 6.65. The molecule has 0 bridgehead atoms. The van der Waals surface area contributed by atoms with Crippen LogP contribution in [-0.2, 0) is 6.54 Å². The molecule has 0 radical (unpaired) electrons. The van der Waals surface area contributed by atoms with Crippen LogP contribution in [-0.4, -0.2) is 22.0 Å². The minimum atomic E-state index is 0.101. The molecule has 0 amide bonds. The fraction of sp³-hybridized carbons (Fsp3) is 0.600. The second-order valence-electron chi connectivity index (χ2n) is 5.64. The van der Waals surface area contributed by atoms with Gasteiger partial charge in [0.1, 0.15) is 0 Å². The third kappa shape index (κ3) is 2.70. The Kier molecular flexibility index (Phi) is 3.98. The van der Waals surface area contributed by atoms with Gasteiger partial charge in [-0.25, -0.2) is 0 Å². The standard InChI is InChI=1S/C15H21N3/c1-15(2)14(7-8-16)6-4-10-18(15)12-13-5-3-9-17-11-13/h3,5,9,11,14H,4,6-7,10,12H2,1-2H3. The predicted octanol–water partition coefficient (Wildman–Crippen LogP) is 2.99. The summed E-state index contributed by atoms with van der Waals surface area (Å²) in [5.41, 5.74) is 1.35. The van der Waals surface area contributed by atoms with E-state index >= 15 is 0 Å². The second kappa shape index (κ2) is 5.49. The SMILES string of the molecule is CC1(C)C(CC#N)CCCN1Cc1cccnc1. The van der Waals surface area contributed by atoms with Crippen LogP contribution in [0.5, 0.6) is 0 Å². The zero-order chi connectivity index (χ0) is 13.0. The number of hydrogen-bond donors (Lipinski definition) is 0. The number of piperidine rings is 1. The largest absolute Gasteiger partial charge is 0.294 e. The first-order chi connectivity index (χ1) is 8.64. The van der Waals surface area contributed by atoms with E-state index in [-0.39, 0.29) is 5.54 Å². The third-order valence-electron chi connectivity index (χ3n) is 4.23. The molecule has 0 spiro atoms. The van der Waals surface area contributed by atoms with Crippen LogP contribution in [0.2, 0.25) is 0 Å². The average Bonchev–Trinajstić information content (AvgIpc) is 2.36. The summed E-state index contributed by atoms with van der Waals surface area (Å²) in [5, 5.41) is 8.95. The van der Waals surface area contributed by atoms with E-state index in [0.717, 1.165) is 13.1 Å². The van der Waals surface area contributed by atoms with Gasteiger partial charge in [0, 0.05) is 30.9 Å². The minimum absolute atomic E-state index is 0.101. The molecule has 1 fully saturated rings. The van der Waals surface area contributed by atoms with Gasteiger partial charge in [0.25, 0.3) is 0 Å². The summed E-state index contributed by atoms with van der Waals surface area (Å²) in [7, 11) is 0. The molecule has 3 nitrogen and oxygen atoms in total. The summed E-state index contributed by atoms with van der Waals surface area (Å²) in [4.78, 5) is 6.67. The lowest BCUT2D eigenvalue weighted by Crippen LogP contribution is -2.52. The fourth-order valence-electron chi connectivity index (χ4n) is 2.89. The molecule has 2 heterocycles. The Morgan fingerprint density at radius 3 is 3.06 bits per heavy atom. The summed E-state index contributed by atoms with van der Waals surface area (Å²) in [6.07, 6.45) is 6.77. The van der Waals surface area contributed by atoms with Crippen LogP contribution in [0, 0.1) is 17.2 Å². The summed E-state index contributed by atoms with van der Waals surface area (Å²) in [6.45, 7) is 6.58. The minimum Gasteiger partial charge on any atom is -0.294 e. The predicted molar refractivity (Wildman–Crippen MR) is 71.7 cm³/mol. The molecule has 0 aromatic carbocycles. The molecule has 3 heteroatoms. The van der Waals surface area contributed by atoms with Crippen molar-refractivity contribution < 1.29 is 0 Å². The maximum atomic E-state index is 8.95. The molecule has 2 rings (SSSR count). The maximum absolute atomic E-state index is 8.95. The summed E-state index contributed by atoms with van der Waals surface area (Å²) >= 11 is 0. The molecule has 0 aliphatic carbocycles. The molecule has 1 aliphatic rings. The van der Waals surface area contributed by atoms with Gasteiger partial charge in [-0.1, -0.05) is 6.07 Å². The van der Waals surface area contributed by atoms with Crippen molar-refractivity contribution in [2.24, 2.45) is 5.92 Å². The van der Waals surface area contributed by atoms with Gasteiger partial charge < -0.3 is 0 Å². The molecular formula is C15H21N3. The zero-order valence-corrected chi connectivity index (χ0v) is 11.3. The van der Waals surface area contributed by atoms with Crippen LogP contribution < -0.4 is 0 Å². The molecule has 1 unspecified atom stereocenters. The lowest BCUT2D eigenvalue weighted by molar-refractivity contribution is 0.0170. The highest BCUT2D eigenvalue weighted by Gasteiger charge is 2.37. The number of likely N-dealkylation sites (tertiary alicyclic amines) is 1. The highest BCUT2D eigenvalue weighted by Crippen LogP contribution is 2.36. The molecule has 1 atom stereocenters. The van der Waals surface area contributed by atoms with Crippen molar-refractivity contribution in [3.05, 3.63) is 30.1 Å². The van der Waals surface area contributed by atoms with Gasteiger partial charge in [-0.2, -0.15) is 5.26 Å². The summed E-state index contributed by atoms with van der Waals surface area (Å²) in [5.74, 6) is 0.480. The zero-order valence-electron chi connectivity index (χ0n) is 11.3. The maximum Gasteiger partial charge on any atom is 0.0625 e. The first kappa shape index (κ1) is 13.0. The van der Waals surface area contributed by atoms with Crippen molar-refractivity contribution in [3.63, 3.8) is 0 Å². The summed E-state index contributed by atoms with van der Waals surface area (Å²) in [6, 6.07) is 6.45. The normalized spacial score (nSPS) is 23.5. The van der Waals surface area contributed by atoms with E-state index in [0.29, 0.717) is 12.3 Å². The van der Waals surface area contributed by atoms with Gasteiger partial charge >= 0.3 is 0 Å². The summed E-state index contributed by atoms with van der Waals surface area (Å²) < 4.78 is 0. The van der Waals surface area contributed by atoms with Crippen molar-refractivity contribution in [1.82, 2.24) is 9.88 Å². The number of pyridine rings is 1. The second-order valence-corrected chi connectivity index (χ2v) is 5.64. The van der Waals surface area contributed by atoms with Crippen molar-refractivity contribution >= 4 is 0 Å². The Bertz CT molecular complexity index is 419. The van der Waals surface area contributed by atoms with Crippen molar-refractivity contribution in [2.45, 2.75) is 45.2 Å². The molecule has 18 heavy (non-hydrogen) atoms. The van der Waals surface area contributed by atoms with Crippen molar-refractivity contribution in [1.29, 1.82) is 5.26 Å². The highest BCUT2D eigenvalue weighted by molar-refractivity contribution is 5.10. The fourth-order valence-corrected chi connectivity index (χ4v) is 2.89. The van der Waals surface area contributed by atoms with Gasteiger partial charge in [-0.3, -0.25) is 9.88 Å². The monoisotopic (exact) mass is 243 g/mol. The topological polar surface area (TPSA) is 39.9 Å². The van der Waals surface area contributed by atoms with Crippen LogP contribution in [0.4, 0.5) is 0 Å². The lowest BCUT2D eigenvalue weighted by Gasteiger charge is -2.47. The molecular weight excluding hydrogens is 222 g/mol. The number of nitrogens with zero attached hydrogens (tertiary/aromatic N) is 3. The Hall–Kier alpha value is -1.40. The molecule has 1 saturated heterocycles. The van der Waals surface area contributed by atoms with Gasteiger partial charge in [-0.05, 0) is 50.8 Å². The van der Waals surface area contributed by atoms with Gasteiger partial charge in [-0.15, -0.1) is 0 Å². The van der Waals surface area contributed by atoms with Gasteiger partial charge in [0.2, 0.25) is 0 Å². The van der Waals surface area contributed by atoms with Crippen LogP contribution in [0.3, 0.4) is 0 Å². The van der Waals surface area contributed by atoms with Crippen LogP contribution in [0.15, 0.2) is 24.5 Å². The lowest BCUT2D eigenvalue weighted by atomic mass is 9.77. The van der Waals surface area contributed by atoms with E-state index in [9.17, 15) is 0 Å². The number of aromatic nitrogens is 1. The smallest absolute Gasteiger partial charge is 0.0625 e. The van der Waals surface area contributed by atoms with E-state index in [1.54, 1.807) is 0 Å². The van der Waals surface area contributed by atoms with E-state index in [2.05, 4.69) is 35.9 Å². The van der Waals surface area contributed by atoms with Crippen LogP contribution in [0.1, 0.15) is 38.7 Å². The first-order valence-electron chi connectivity index (χ1n) is 6.65. The van der Waals surface area contributed by atoms with Crippen molar-refractivity contribution in [2.75, 3.05) is 6.54 Å². The number of rotatable bonds is 3. The highest BCUT2D eigenvalue weighted by atomic mass is 15.2. The third-order valence-corrected chi connectivity index (χ3v) is 4.23. The van der Waals surface area contributed by atoms with Gasteiger partial charge in [0.05, 0.1) is 6.07 Å². The van der Waals surface area contributed by atoms with E-state index < -0.39 is 0 Å². The molecule has 1 aliphatic heterocycles. The Morgan fingerprint density at radius 1 is 1.56 bits per heavy atom. The Balaban J connectivity index is 2.10. The van der Waals surface area contributed by atoms with Crippen LogP contribution in [0.25, 0.3) is 0 Å². The number of hydrogen-bond acceptors (Lipinski definition) is 3. The molecule has 0 saturated carbocycles. The van der Waals surface area contributed by atoms with E-state index in [1.807, 2.05) is 18.5 Å². The molecule has 1 aromatic rings. The molecule has 96 valence electrons. The Morgan fingerprint density at radius 2 is 2.39 bits per heavy atom. The van der Waals surface area contributed by atoms with Gasteiger partial charge in [0.15, 0.2) is 0 Å². The molecule has 1 aromatic heterocycles. The quantitative estimate of drug-likeness (QED) is 0.819. The van der Waals surface area contributed by atoms with E-state index in [4.69, 9.17) is 5.26 Å². The van der Waals surface area contributed by atoms with E-state index in [1.165, 1.54) is 18.4 Å². The average molecular weight is 243 g/mol. The Labute approximate surface area is 109 Å². The van der Waals surface area contributed by atoms with Crippen molar-refractivity contribution in [3.8, 4) is 6.07 Å². The number of nitriles is 1. The molecule has 0 N–H and O–H groups in total. The van der Waals surface area contributed by atoms with Crippen LogP contribution >= 0.6 is 0 Å².